The van der Waals surface area contributed by atoms with Crippen LogP contribution in [-0.2, 0) is 26.0 Å². The number of urea groups is 1. The maximum absolute atomic E-state index is 12.8. The second-order valence-corrected chi connectivity index (χ2v) is 10.6. The summed E-state index contributed by atoms with van der Waals surface area (Å²) in [6.07, 6.45) is 1.99. The molecule has 0 spiro atoms. The smallest absolute Gasteiger partial charge is 0.321 e. The first-order valence-corrected chi connectivity index (χ1v) is 12.1. The lowest BCUT2D eigenvalue weighted by Gasteiger charge is -2.24. The molecule has 2 amide bonds. The Bertz CT molecular complexity index is 1190. The lowest BCUT2D eigenvalue weighted by molar-refractivity contribution is -0.146. The van der Waals surface area contributed by atoms with E-state index in [4.69, 9.17) is 4.74 Å². The van der Waals surface area contributed by atoms with E-state index in [0.717, 1.165) is 17.6 Å². The molecule has 1 heterocycles. The minimum Gasteiger partial charge on any atom is -0.465 e. The van der Waals surface area contributed by atoms with Gasteiger partial charge in [0.05, 0.1) is 16.9 Å². The topological polar surface area (TPSA) is 105 Å². The summed E-state index contributed by atoms with van der Waals surface area (Å²) in [5.74, 6) is -0.0118. The van der Waals surface area contributed by atoms with Gasteiger partial charge in [-0.2, -0.15) is 0 Å². The standard InChI is InChI=1S/C24H27N3O5S/c1-16-12-18-15-32-22(28)24(18,13-16)14-17-4-6-20(7-5-17)26-33(30,31)21-10-8-19(9-11-21)25-23(29)27(2)3/h4-11,18,26H,1,12-15H2,2-3H3,(H,25,29). The van der Waals surface area contributed by atoms with Gasteiger partial charge in [-0.1, -0.05) is 24.3 Å². The number of hydrogen-bond acceptors (Lipinski definition) is 5. The fourth-order valence-electron chi connectivity index (χ4n) is 4.48. The lowest BCUT2D eigenvalue weighted by atomic mass is 9.75. The summed E-state index contributed by atoms with van der Waals surface area (Å²) < 4.78 is 33.4. The number of allylic oxidation sites excluding steroid dienone is 1. The predicted octanol–water partition coefficient (Wildman–Crippen LogP) is 3.63. The van der Waals surface area contributed by atoms with Gasteiger partial charge in [0.2, 0.25) is 0 Å². The average molecular weight is 470 g/mol. The molecule has 1 saturated carbocycles. The van der Waals surface area contributed by atoms with Crippen LogP contribution in [0.3, 0.4) is 0 Å². The summed E-state index contributed by atoms with van der Waals surface area (Å²) in [7, 11) is -0.568. The van der Waals surface area contributed by atoms with Crippen molar-refractivity contribution in [3.63, 3.8) is 0 Å². The van der Waals surface area contributed by atoms with E-state index >= 15 is 0 Å². The molecule has 1 saturated heterocycles. The number of esters is 1. The van der Waals surface area contributed by atoms with Gasteiger partial charge in [-0.3, -0.25) is 9.52 Å². The fraction of sp³-hybridized carbons (Fsp3) is 0.333. The molecule has 2 aliphatic rings. The van der Waals surface area contributed by atoms with Crippen molar-refractivity contribution in [2.45, 2.75) is 24.2 Å². The number of benzene rings is 2. The quantitative estimate of drug-likeness (QED) is 0.497. The second-order valence-electron chi connectivity index (χ2n) is 8.91. The van der Waals surface area contributed by atoms with Crippen molar-refractivity contribution in [2.75, 3.05) is 30.7 Å². The molecule has 2 aromatic carbocycles. The number of carbonyl (C=O) groups is 2. The summed E-state index contributed by atoms with van der Waals surface area (Å²) in [5.41, 5.74) is 2.38. The van der Waals surface area contributed by atoms with Crippen LogP contribution in [0.25, 0.3) is 0 Å². The van der Waals surface area contributed by atoms with Crippen molar-refractivity contribution >= 4 is 33.4 Å². The molecule has 33 heavy (non-hydrogen) atoms. The number of nitrogens with one attached hydrogen (secondary N) is 2. The van der Waals surface area contributed by atoms with Crippen molar-refractivity contribution in [1.82, 2.24) is 4.90 Å². The van der Waals surface area contributed by atoms with Crippen LogP contribution in [0.15, 0.2) is 65.6 Å². The Morgan fingerprint density at radius 1 is 1.12 bits per heavy atom. The fourth-order valence-corrected chi connectivity index (χ4v) is 5.54. The summed E-state index contributed by atoms with van der Waals surface area (Å²) >= 11 is 0. The monoisotopic (exact) mass is 469 g/mol. The van der Waals surface area contributed by atoms with Crippen molar-refractivity contribution in [2.24, 2.45) is 11.3 Å². The normalized spacial score (nSPS) is 21.9. The van der Waals surface area contributed by atoms with Gasteiger partial charge in [0.1, 0.15) is 0 Å². The van der Waals surface area contributed by atoms with Gasteiger partial charge in [0, 0.05) is 31.4 Å². The van der Waals surface area contributed by atoms with Gasteiger partial charge in [0.15, 0.2) is 0 Å². The van der Waals surface area contributed by atoms with E-state index in [1.54, 1.807) is 26.2 Å². The molecule has 2 aromatic rings. The van der Waals surface area contributed by atoms with Crippen LogP contribution >= 0.6 is 0 Å². The highest BCUT2D eigenvalue weighted by atomic mass is 32.2. The average Bonchev–Trinajstić information content (AvgIpc) is 3.23. The first-order chi connectivity index (χ1) is 15.6. The maximum Gasteiger partial charge on any atom is 0.321 e. The lowest BCUT2D eigenvalue weighted by Crippen LogP contribution is -2.31. The molecule has 0 aromatic heterocycles. The summed E-state index contributed by atoms with van der Waals surface area (Å²) in [5, 5.41) is 2.66. The number of anilines is 2. The Morgan fingerprint density at radius 2 is 1.76 bits per heavy atom. The molecule has 2 fully saturated rings. The van der Waals surface area contributed by atoms with E-state index in [0.29, 0.717) is 30.8 Å². The number of cyclic esters (lactones) is 1. The van der Waals surface area contributed by atoms with Crippen LogP contribution in [-0.4, -0.2) is 46.0 Å². The molecule has 9 heteroatoms. The van der Waals surface area contributed by atoms with Crippen molar-refractivity contribution in [3.8, 4) is 0 Å². The predicted molar refractivity (Wildman–Crippen MR) is 125 cm³/mol. The van der Waals surface area contributed by atoms with E-state index < -0.39 is 15.4 Å². The number of carbonyl (C=O) groups excluding carboxylic acids is 2. The highest BCUT2D eigenvalue weighted by Gasteiger charge is 2.55. The first-order valence-electron chi connectivity index (χ1n) is 10.6. The zero-order chi connectivity index (χ0) is 23.8. The van der Waals surface area contributed by atoms with Crippen molar-refractivity contribution in [3.05, 3.63) is 66.2 Å². The molecule has 8 nitrogen and oxygen atoms in total. The number of fused-ring (bicyclic) bond motifs is 1. The number of rotatable bonds is 6. The highest BCUT2D eigenvalue weighted by molar-refractivity contribution is 7.92. The zero-order valence-corrected chi connectivity index (χ0v) is 19.4. The van der Waals surface area contributed by atoms with Crippen LogP contribution in [0.2, 0.25) is 0 Å². The van der Waals surface area contributed by atoms with Crippen LogP contribution < -0.4 is 10.0 Å². The Kier molecular flexibility index (Phi) is 5.92. The SMILES string of the molecule is C=C1CC2COC(=O)C2(Cc2ccc(NS(=O)(=O)c3ccc(NC(=O)N(C)C)cc3)cc2)C1. The highest BCUT2D eigenvalue weighted by Crippen LogP contribution is 2.52. The largest absolute Gasteiger partial charge is 0.465 e. The van der Waals surface area contributed by atoms with E-state index in [2.05, 4.69) is 16.6 Å². The third-order valence-corrected chi connectivity index (χ3v) is 7.65. The third kappa shape index (κ3) is 4.59. The molecule has 2 atom stereocenters. The van der Waals surface area contributed by atoms with Crippen molar-refractivity contribution in [1.29, 1.82) is 0 Å². The maximum atomic E-state index is 12.8. The molecule has 2 N–H and O–H groups in total. The molecular weight excluding hydrogens is 442 g/mol. The molecule has 2 unspecified atom stereocenters. The van der Waals surface area contributed by atoms with E-state index in [-0.39, 0.29) is 22.8 Å². The summed E-state index contributed by atoms with van der Waals surface area (Å²) in [4.78, 5) is 25.7. The number of hydrogen-bond donors (Lipinski definition) is 2. The van der Waals surface area contributed by atoms with E-state index in [1.807, 2.05) is 12.1 Å². The number of amides is 2. The Hall–Kier alpha value is -3.33. The Balaban J connectivity index is 1.44. The van der Waals surface area contributed by atoms with Gasteiger partial charge in [-0.05, 0) is 61.2 Å². The minimum atomic E-state index is -3.80. The summed E-state index contributed by atoms with van der Waals surface area (Å²) in [6, 6.07) is 12.7. The zero-order valence-electron chi connectivity index (χ0n) is 18.6. The van der Waals surface area contributed by atoms with Crippen LogP contribution in [0.4, 0.5) is 16.2 Å². The molecular formula is C24H27N3O5S. The van der Waals surface area contributed by atoms with Crippen LogP contribution in [0.1, 0.15) is 18.4 Å². The molecule has 0 bridgehead atoms. The third-order valence-electron chi connectivity index (χ3n) is 6.25. The Morgan fingerprint density at radius 3 is 2.39 bits per heavy atom. The number of sulfonamides is 1. The van der Waals surface area contributed by atoms with Gasteiger partial charge in [-0.25, -0.2) is 13.2 Å². The first kappa shape index (κ1) is 22.8. The van der Waals surface area contributed by atoms with Gasteiger partial charge < -0.3 is 15.0 Å². The number of ether oxygens (including phenoxy) is 1. The van der Waals surface area contributed by atoms with E-state index in [9.17, 15) is 18.0 Å². The van der Waals surface area contributed by atoms with Crippen LogP contribution in [0, 0.1) is 11.3 Å². The molecule has 4 rings (SSSR count). The molecule has 1 aliphatic heterocycles. The van der Waals surface area contributed by atoms with Gasteiger partial charge in [-0.15, -0.1) is 0 Å². The second kappa shape index (κ2) is 8.55. The van der Waals surface area contributed by atoms with E-state index in [1.165, 1.54) is 29.2 Å². The molecule has 174 valence electrons. The van der Waals surface area contributed by atoms with Gasteiger partial charge in [0.25, 0.3) is 10.0 Å². The molecule has 1 aliphatic carbocycles. The summed E-state index contributed by atoms with van der Waals surface area (Å²) in [6.45, 7) is 4.50. The van der Waals surface area contributed by atoms with Crippen LogP contribution in [0.5, 0.6) is 0 Å². The molecule has 0 radical (unpaired) electrons. The number of nitrogens with zero attached hydrogens (tertiary/aromatic N) is 1. The van der Waals surface area contributed by atoms with Gasteiger partial charge >= 0.3 is 12.0 Å². The minimum absolute atomic E-state index is 0.0781. The van der Waals surface area contributed by atoms with Crippen molar-refractivity contribution < 1.29 is 22.7 Å². The Labute approximate surface area is 193 Å².